The molecule has 4 nitrogen and oxygen atoms in total. The molecular weight excluding hydrogens is 276 g/mol. The van der Waals surface area contributed by atoms with Crippen molar-refractivity contribution in [1.82, 2.24) is 0 Å². The number of halogens is 1. The van der Waals surface area contributed by atoms with Gasteiger partial charge >= 0.3 is 5.97 Å². The molecular formula is C11H13BrO4. The van der Waals surface area contributed by atoms with E-state index in [9.17, 15) is 4.79 Å². The largest absolute Gasteiger partial charge is 0.493 e. The summed E-state index contributed by atoms with van der Waals surface area (Å²) in [5, 5.41) is 0. The van der Waals surface area contributed by atoms with Crippen LogP contribution in [0.2, 0.25) is 0 Å². The Kier molecular flexibility index (Phi) is 5.11. The van der Waals surface area contributed by atoms with Crippen molar-refractivity contribution in [1.29, 1.82) is 0 Å². The predicted octanol–water partition coefficient (Wildman–Crippen LogP) is 2.14. The lowest BCUT2D eigenvalue weighted by molar-refractivity contribution is -0.139. The van der Waals surface area contributed by atoms with Gasteiger partial charge in [-0.05, 0) is 33.6 Å². The number of ether oxygens (including phenoxy) is 3. The van der Waals surface area contributed by atoms with Crippen LogP contribution in [0.15, 0.2) is 18.2 Å². The average Bonchev–Trinajstić information content (AvgIpc) is 2.31. The minimum atomic E-state index is -0.281. The molecule has 1 aromatic rings. The summed E-state index contributed by atoms with van der Waals surface area (Å²) in [5.41, 5.74) is 1.21. The second-order valence-corrected chi connectivity index (χ2v) is 3.45. The maximum absolute atomic E-state index is 11.1. The molecule has 16 heavy (non-hydrogen) atoms. The highest BCUT2D eigenvalue weighted by Crippen LogP contribution is 2.28. The lowest BCUT2D eigenvalue weighted by Crippen LogP contribution is -2.04. The van der Waals surface area contributed by atoms with Crippen molar-refractivity contribution in [2.24, 2.45) is 0 Å². The van der Waals surface area contributed by atoms with Crippen LogP contribution in [0.3, 0.4) is 0 Å². The zero-order valence-electron chi connectivity index (χ0n) is 9.16. The van der Waals surface area contributed by atoms with Crippen molar-refractivity contribution < 1.29 is 19.0 Å². The van der Waals surface area contributed by atoms with Gasteiger partial charge in [0.25, 0.3) is 0 Å². The highest BCUT2D eigenvalue weighted by atomic mass is 79.9. The monoisotopic (exact) mass is 288 g/mol. The first-order chi connectivity index (χ1) is 7.71. The van der Waals surface area contributed by atoms with E-state index in [4.69, 9.17) is 9.47 Å². The summed E-state index contributed by atoms with van der Waals surface area (Å²) in [5.74, 6) is 0.949. The zero-order valence-corrected chi connectivity index (χ0v) is 10.7. The molecule has 0 atom stereocenters. The van der Waals surface area contributed by atoms with Crippen LogP contribution in [-0.2, 0) is 16.0 Å². The number of hydrogen-bond acceptors (Lipinski definition) is 4. The standard InChI is InChI=1S/C11H13BrO4/c1-14-10-5-8(6-11(13)15-2)3-4-9(10)16-7-12/h3-5H,6-7H2,1-2H3. The van der Waals surface area contributed by atoms with Crippen LogP contribution in [0.4, 0.5) is 0 Å². The van der Waals surface area contributed by atoms with Crippen LogP contribution in [0.25, 0.3) is 0 Å². The minimum absolute atomic E-state index is 0.224. The predicted molar refractivity (Wildman–Crippen MR) is 63.1 cm³/mol. The van der Waals surface area contributed by atoms with Gasteiger partial charge in [-0.1, -0.05) is 6.07 Å². The molecule has 0 unspecified atom stereocenters. The Morgan fingerprint density at radius 1 is 1.31 bits per heavy atom. The summed E-state index contributed by atoms with van der Waals surface area (Å²) in [4.78, 5) is 11.1. The van der Waals surface area contributed by atoms with E-state index in [1.807, 2.05) is 0 Å². The van der Waals surface area contributed by atoms with Gasteiger partial charge in [-0.15, -0.1) is 0 Å². The fourth-order valence-corrected chi connectivity index (χ4v) is 1.49. The van der Waals surface area contributed by atoms with E-state index < -0.39 is 0 Å². The Bertz CT molecular complexity index is 365. The van der Waals surface area contributed by atoms with E-state index in [0.717, 1.165) is 5.56 Å². The number of alkyl halides is 1. The first-order valence-corrected chi connectivity index (χ1v) is 5.76. The molecule has 0 heterocycles. The topological polar surface area (TPSA) is 44.8 Å². The molecule has 0 radical (unpaired) electrons. The SMILES string of the molecule is COC(=O)Cc1ccc(OCBr)c(OC)c1. The second kappa shape index (κ2) is 6.37. The summed E-state index contributed by atoms with van der Waals surface area (Å²) in [7, 11) is 2.92. The number of hydrogen-bond donors (Lipinski definition) is 0. The Morgan fingerprint density at radius 3 is 2.62 bits per heavy atom. The van der Waals surface area contributed by atoms with Crippen LogP contribution in [0.5, 0.6) is 11.5 Å². The van der Waals surface area contributed by atoms with Crippen molar-refractivity contribution in [3.05, 3.63) is 23.8 Å². The van der Waals surface area contributed by atoms with Crippen molar-refractivity contribution >= 4 is 21.9 Å². The van der Waals surface area contributed by atoms with Gasteiger partial charge in [0.1, 0.15) is 5.52 Å². The quantitative estimate of drug-likeness (QED) is 0.615. The molecule has 0 saturated heterocycles. The molecule has 0 N–H and O–H groups in total. The highest BCUT2D eigenvalue weighted by molar-refractivity contribution is 9.09. The molecule has 0 spiro atoms. The molecule has 0 saturated carbocycles. The summed E-state index contributed by atoms with van der Waals surface area (Å²) < 4.78 is 15.0. The molecule has 0 amide bonds. The van der Waals surface area contributed by atoms with Gasteiger partial charge in [0, 0.05) is 0 Å². The third kappa shape index (κ3) is 3.41. The van der Waals surface area contributed by atoms with Crippen molar-refractivity contribution in [2.75, 3.05) is 19.7 Å². The maximum Gasteiger partial charge on any atom is 0.309 e. The fourth-order valence-electron chi connectivity index (χ4n) is 1.24. The van der Waals surface area contributed by atoms with Gasteiger partial charge in [-0.2, -0.15) is 0 Å². The molecule has 88 valence electrons. The van der Waals surface area contributed by atoms with E-state index in [2.05, 4.69) is 20.7 Å². The molecule has 1 aromatic carbocycles. The molecule has 1 rings (SSSR count). The maximum atomic E-state index is 11.1. The van der Waals surface area contributed by atoms with Gasteiger partial charge in [-0.25, -0.2) is 0 Å². The van der Waals surface area contributed by atoms with Crippen LogP contribution in [0.1, 0.15) is 5.56 Å². The van der Waals surface area contributed by atoms with Gasteiger partial charge in [0.2, 0.25) is 0 Å². The van der Waals surface area contributed by atoms with Crippen LogP contribution >= 0.6 is 15.9 Å². The number of methoxy groups -OCH3 is 2. The number of carbonyl (C=O) groups excluding carboxylic acids is 1. The number of benzene rings is 1. The Morgan fingerprint density at radius 2 is 2.06 bits per heavy atom. The van der Waals surface area contributed by atoms with Gasteiger partial charge < -0.3 is 14.2 Å². The fraction of sp³-hybridized carbons (Fsp3) is 0.364. The van der Waals surface area contributed by atoms with E-state index in [-0.39, 0.29) is 12.4 Å². The van der Waals surface area contributed by atoms with E-state index in [0.29, 0.717) is 17.0 Å². The second-order valence-electron chi connectivity index (χ2n) is 2.99. The summed E-state index contributed by atoms with van der Waals surface area (Å²) in [6.45, 7) is 0. The smallest absolute Gasteiger partial charge is 0.309 e. The highest BCUT2D eigenvalue weighted by Gasteiger charge is 2.08. The molecule has 0 fully saturated rings. The van der Waals surface area contributed by atoms with Crippen LogP contribution in [-0.4, -0.2) is 25.7 Å². The summed E-state index contributed by atoms with van der Waals surface area (Å²) in [6, 6.07) is 5.32. The summed E-state index contributed by atoms with van der Waals surface area (Å²) in [6.07, 6.45) is 0.224. The third-order valence-electron chi connectivity index (χ3n) is 2.01. The van der Waals surface area contributed by atoms with Gasteiger partial charge in [0.05, 0.1) is 20.6 Å². The summed E-state index contributed by atoms with van der Waals surface area (Å²) >= 11 is 3.17. The molecule has 0 aromatic heterocycles. The Hall–Kier alpha value is -1.23. The molecule has 0 aliphatic rings. The van der Waals surface area contributed by atoms with Crippen LogP contribution in [0, 0.1) is 0 Å². The molecule has 0 bridgehead atoms. The van der Waals surface area contributed by atoms with Gasteiger partial charge in [-0.3, -0.25) is 4.79 Å². The normalized spacial score (nSPS) is 9.69. The number of rotatable bonds is 5. The molecule has 0 aliphatic carbocycles. The first-order valence-electron chi connectivity index (χ1n) is 4.63. The first kappa shape index (κ1) is 12.8. The van der Waals surface area contributed by atoms with Crippen molar-refractivity contribution in [2.45, 2.75) is 6.42 Å². The average molecular weight is 289 g/mol. The Labute approximate surface area is 103 Å². The number of carbonyl (C=O) groups is 1. The lowest BCUT2D eigenvalue weighted by atomic mass is 10.1. The Balaban J connectivity index is 2.86. The third-order valence-corrected chi connectivity index (χ3v) is 2.24. The number of esters is 1. The lowest BCUT2D eigenvalue weighted by Gasteiger charge is -2.09. The van der Waals surface area contributed by atoms with E-state index in [1.165, 1.54) is 7.11 Å². The van der Waals surface area contributed by atoms with Crippen LogP contribution < -0.4 is 9.47 Å². The van der Waals surface area contributed by atoms with E-state index >= 15 is 0 Å². The van der Waals surface area contributed by atoms with Crippen molar-refractivity contribution in [3.8, 4) is 11.5 Å². The van der Waals surface area contributed by atoms with Gasteiger partial charge in [0.15, 0.2) is 11.5 Å². The van der Waals surface area contributed by atoms with Crippen molar-refractivity contribution in [3.63, 3.8) is 0 Å². The molecule has 0 aliphatic heterocycles. The zero-order chi connectivity index (χ0) is 12.0. The minimum Gasteiger partial charge on any atom is -0.493 e. The van der Waals surface area contributed by atoms with E-state index in [1.54, 1.807) is 25.3 Å². The molecule has 5 heteroatoms.